The number of rotatable bonds is 7. The third-order valence-electron chi connectivity index (χ3n) is 10.8. The Morgan fingerprint density at radius 1 is 1.13 bits per heavy atom. The molecule has 7 nitrogen and oxygen atoms in total. The number of pyridine rings is 1. The highest BCUT2D eigenvalue weighted by Gasteiger charge is 2.56. The van der Waals surface area contributed by atoms with Gasteiger partial charge in [-0.2, -0.15) is 13.2 Å². The summed E-state index contributed by atoms with van der Waals surface area (Å²) in [5.74, 6) is 8.60. The van der Waals surface area contributed by atoms with Crippen LogP contribution in [0.15, 0.2) is 47.6 Å². The van der Waals surface area contributed by atoms with E-state index in [0.29, 0.717) is 45.5 Å². The summed E-state index contributed by atoms with van der Waals surface area (Å²) in [5, 5.41) is 16.9. The Morgan fingerprint density at radius 3 is 2.68 bits per heavy atom. The number of hydrogen-bond donors (Lipinski definition) is 3. The molecule has 5 atom stereocenters. The van der Waals surface area contributed by atoms with Crippen LogP contribution in [0.4, 0.5) is 24.5 Å². The zero-order chi connectivity index (χ0) is 33.1. The first kappa shape index (κ1) is 32.1. The number of nitrogens with zero attached hydrogens (tertiary/aromatic N) is 2. The van der Waals surface area contributed by atoms with Crippen LogP contribution >= 0.6 is 11.8 Å². The lowest BCUT2D eigenvalue weighted by Gasteiger charge is -2.50. The van der Waals surface area contributed by atoms with Crippen molar-refractivity contribution in [3.63, 3.8) is 0 Å². The molecule has 11 heteroatoms. The van der Waals surface area contributed by atoms with Gasteiger partial charge in [0.05, 0.1) is 54.8 Å². The topological polar surface area (TPSA) is 78.2 Å². The maximum absolute atomic E-state index is 13.8. The van der Waals surface area contributed by atoms with E-state index in [1.54, 1.807) is 52.8 Å². The maximum atomic E-state index is 13.8. The van der Waals surface area contributed by atoms with Gasteiger partial charge >= 0.3 is 5.51 Å². The van der Waals surface area contributed by atoms with Crippen molar-refractivity contribution in [3.8, 4) is 17.6 Å². The molecule has 4 fully saturated rings. The number of ether oxygens (including phenoxy) is 1. The van der Waals surface area contributed by atoms with Crippen LogP contribution in [0.2, 0.25) is 0 Å². The molecule has 7 rings (SSSR count). The molecule has 3 aromatic rings. The molecule has 0 radical (unpaired) electrons. The summed E-state index contributed by atoms with van der Waals surface area (Å²) < 4.78 is 48.4. The van der Waals surface area contributed by atoms with E-state index < -0.39 is 11.1 Å². The van der Waals surface area contributed by atoms with Gasteiger partial charge in [0.15, 0.2) is 0 Å². The molecule has 1 amide bonds. The minimum absolute atomic E-state index is 0.0408. The van der Waals surface area contributed by atoms with Crippen molar-refractivity contribution in [2.75, 3.05) is 37.4 Å². The van der Waals surface area contributed by atoms with Crippen LogP contribution in [-0.4, -0.2) is 64.2 Å². The van der Waals surface area contributed by atoms with E-state index >= 15 is 0 Å². The van der Waals surface area contributed by atoms with Crippen LogP contribution in [0.5, 0.6) is 5.75 Å². The quantitative estimate of drug-likeness (QED) is 0.182. The van der Waals surface area contributed by atoms with Gasteiger partial charge in [0, 0.05) is 29.6 Å². The highest BCUT2D eigenvalue weighted by molar-refractivity contribution is 8.00. The molecule has 3 N–H and O–H groups in total. The molecule has 2 aromatic heterocycles. The summed E-state index contributed by atoms with van der Waals surface area (Å²) in [6.07, 6.45) is 9.00. The lowest BCUT2D eigenvalue weighted by atomic mass is 9.55. The lowest BCUT2D eigenvalue weighted by molar-refractivity contribution is -0.0668. The first-order valence-corrected chi connectivity index (χ1v) is 17.2. The van der Waals surface area contributed by atoms with Crippen molar-refractivity contribution in [3.05, 3.63) is 53.7 Å². The summed E-state index contributed by atoms with van der Waals surface area (Å²) in [6.45, 7) is 4.83. The van der Waals surface area contributed by atoms with Gasteiger partial charge in [-0.25, -0.2) is 0 Å². The summed E-state index contributed by atoms with van der Waals surface area (Å²) in [7, 11) is 1.50. The monoisotopic (exact) mass is 666 g/mol. The van der Waals surface area contributed by atoms with Crippen molar-refractivity contribution in [2.24, 2.45) is 23.2 Å². The predicted molar refractivity (Wildman–Crippen MR) is 178 cm³/mol. The molecule has 250 valence electrons. The number of carbonyl (C=O) groups is 1. The van der Waals surface area contributed by atoms with Crippen molar-refractivity contribution in [2.45, 2.75) is 74.5 Å². The average molecular weight is 667 g/mol. The first-order chi connectivity index (χ1) is 22.3. The Kier molecular flexibility index (Phi) is 8.11. The molecule has 3 aliphatic carbocycles. The minimum Gasteiger partial charge on any atom is -0.495 e. The highest BCUT2D eigenvalue weighted by atomic mass is 32.2. The number of fused-ring (bicyclic) bond motifs is 2. The Bertz CT molecular complexity index is 1750. The van der Waals surface area contributed by atoms with Crippen LogP contribution in [-0.2, 0) is 0 Å². The molecule has 3 saturated carbocycles. The van der Waals surface area contributed by atoms with Gasteiger partial charge < -0.3 is 29.8 Å². The van der Waals surface area contributed by atoms with E-state index in [-0.39, 0.29) is 42.3 Å². The normalized spacial score (nSPS) is 27.5. The van der Waals surface area contributed by atoms with E-state index in [2.05, 4.69) is 29.4 Å². The Labute approximate surface area is 277 Å². The Balaban J connectivity index is 1.08. The van der Waals surface area contributed by atoms with E-state index in [1.807, 2.05) is 6.07 Å². The number of aromatic nitrogens is 1. The number of benzene rings is 1. The minimum atomic E-state index is -4.47. The fraction of sp³-hybridized carbons (Fsp3) is 0.528. The van der Waals surface area contributed by atoms with Crippen LogP contribution in [0, 0.1) is 35.0 Å². The zero-order valence-electron chi connectivity index (χ0n) is 26.9. The van der Waals surface area contributed by atoms with E-state index in [1.165, 1.54) is 32.8 Å². The van der Waals surface area contributed by atoms with Gasteiger partial charge in [-0.1, -0.05) is 18.8 Å². The number of halogens is 3. The van der Waals surface area contributed by atoms with Crippen molar-refractivity contribution in [1.82, 2.24) is 9.30 Å². The smallest absolute Gasteiger partial charge is 0.447 e. The van der Waals surface area contributed by atoms with Crippen molar-refractivity contribution < 1.29 is 27.8 Å². The van der Waals surface area contributed by atoms with Crippen molar-refractivity contribution >= 4 is 34.6 Å². The average Bonchev–Trinajstić information content (AvgIpc) is 3.49. The SMILES string of the molecule is COc1cc(C(=O)N2CC(C)(O)C2)ccc1NCC#Cc1cc2c(N[C@@H]3CC[C@@H]4CC5(C)C[C@H](CC45)C3)cccn2c1SC(F)(F)F. The molecule has 0 spiro atoms. The van der Waals surface area contributed by atoms with Gasteiger partial charge in [0.1, 0.15) is 10.8 Å². The number of aliphatic hydroxyl groups is 1. The molecule has 4 aliphatic rings. The van der Waals surface area contributed by atoms with Crippen molar-refractivity contribution in [1.29, 1.82) is 0 Å². The second-order valence-corrected chi connectivity index (χ2v) is 15.6. The standard InChI is InChI=1S/C36H41F3N4O3S/c1-34-18-22-14-26(10-8-25(19-34)27(34)15-22)41-28-7-5-13-43-30(28)16-24(33(43)47-36(37,38)39)6-4-12-40-29-11-9-23(17-31(29)46-3)32(44)42-20-35(2,45)21-42/h5,7,9,11,13,16-17,22,25-27,40-41,45H,8,10,12,14-15,18-21H2,1-3H3/t22-,25+,26+,27?,34?/m0/s1. The summed E-state index contributed by atoms with van der Waals surface area (Å²) in [4.78, 5) is 14.3. The number of hydrogen-bond acceptors (Lipinski definition) is 6. The molecule has 2 bridgehead atoms. The lowest BCUT2D eigenvalue weighted by Crippen LogP contribution is -2.61. The van der Waals surface area contributed by atoms with Gasteiger partial charge in [-0.05, 0) is 105 Å². The number of carbonyl (C=O) groups excluding carboxylic acids is 1. The first-order valence-electron chi connectivity index (χ1n) is 16.4. The van der Waals surface area contributed by atoms with Gasteiger partial charge in [-0.15, -0.1) is 0 Å². The molecule has 1 aliphatic heterocycles. The van der Waals surface area contributed by atoms with E-state index in [9.17, 15) is 23.1 Å². The van der Waals surface area contributed by atoms with Crippen LogP contribution in [0.25, 0.3) is 5.52 Å². The summed E-state index contributed by atoms with van der Waals surface area (Å²) >= 11 is -0.147. The van der Waals surface area contributed by atoms with Gasteiger partial charge in [0.2, 0.25) is 0 Å². The van der Waals surface area contributed by atoms with Crippen LogP contribution in [0.3, 0.4) is 0 Å². The van der Waals surface area contributed by atoms with Crippen LogP contribution < -0.4 is 15.4 Å². The number of nitrogens with one attached hydrogen (secondary N) is 2. The Hall–Kier alpha value is -3.49. The molecule has 1 saturated heterocycles. The molecule has 2 unspecified atom stereocenters. The number of amides is 1. The molecular weight excluding hydrogens is 625 g/mol. The van der Waals surface area contributed by atoms with Gasteiger partial charge in [0.25, 0.3) is 5.91 Å². The number of thioether (sulfide) groups is 1. The largest absolute Gasteiger partial charge is 0.495 e. The molecule has 47 heavy (non-hydrogen) atoms. The van der Waals surface area contributed by atoms with Crippen LogP contribution in [0.1, 0.15) is 68.3 Å². The molecular formula is C36H41F3N4O3S. The second kappa shape index (κ2) is 11.9. The fourth-order valence-electron chi connectivity index (χ4n) is 8.83. The molecule has 3 heterocycles. The van der Waals surface area contributed by atoms with E-state index in [0.717, 1.165) is 30.4 Å². The Morgan fingerprint density at radius 2 is 1.94 bits per heavy atom. The number of β-amino-alcohol motifs (C(OH)–C–C–N with tert-alkyl or cyclic N) is 1. The maximum Gasteiger partial charge on any atom is 0.447 e. The molecule has 1 aromatic carbocycles. The van der Waals surface area contributed by atoms with E-state index in [4.69, 9.17) is 4.74 Å². The zero-order valence-corrected chi connectivity index (χ0v) is 27.7. The number of likely N-dealkylation sites (tertiary alicyclic amines) is 1. The number of anilines is 2. The number of methoxy groups -OCH3 is 1. The number of alkyl halides is 3. The predicted octanol–water partition coefficient (Wildman–Crippen LogP) is 7.25. The third-order valence-corrected chi connectivity index (χ3v) is 11.6. The summed E-state index contributed by atoms with van der Waals surface area (Å²) in [6, 6.07) is 10.8. The highest BCUT2D eigenvalue weighted by Crippen LogP contribution is 2.65. The second-order valence-electron chi connectivity index (χ2n) is 14.5. The third kappa shape index (κ3) is 6.39. The fourth-order valence-corrected chi connectivity index (χ4v) is 9.53. The summed E-state index contributed by atoms with van der Waals surface area (Å²) in [5.41, 5.74) is -1.95. The van der Waals surface area contributed by atoms with Gasteiger partial charge in [-0.3, -0.25) is 4.79 Å².